The van der Waals surface area contributed by atoms with Gasteiger partial charge in [0.05, 0.1) is 0 Å². The Morgan fingerprint density at radius 1 is 0.947 bits per heavy atom. The van der Waals surface area contributed by atoms with Crippen molar-refractivity contribution >= 4 is 37.1 Å². The Morgan fingerprint density at radius 3 is 1.37 bits per heavy atom. The van der Waals surface area contributed by atoms with Gasteiger partial charge in [0.2, 0.25) is 0 Å². The van der Waals surface area contributed by atoms with E-state index in [1.165, 1.54) is 25.7 Å². The van der Waals surface area contributed by atoms with E-state index in [9.17, 15) is 0 Å². The summed E-state index contributed by atoms with van der Waals surface area (Å²) in [6.07, 6.45) is 5.21. The summed E-state index contributed by atoms with van der Waals surface area (Å²) in [7, 11) is 0. The average Bonchev–Trinajstić information content (AvgIpc) is 2.08. The molecule has 11 heteroatoms. The molecule has 0 bridgehead atoms. The molecule has 0 radical (unpaired) electrons. The number of hydrogen-bond donors (Lipinski definition) is 6. The van der Waals surface area contributed by atoms with Crippen LogP contribution >= 0.6 is 13.4 Å². The molecule has 0 aliphatic carbocycles. The third kappa shape index (κ3) is 104. The predicted octanol–water partition coefficient (Wildman–Crippen LogP) is 1.41. The van der Waals surface area contributed by atoms with Crippen LogP contribution < -0.4 is 0 Å². The molecule has 0 saturated heterocycles. The van der Waals surface area contributed by atoms with Crippen LogP contribution in [0.4, 0.5) is 0 Å². The average molecular weight is 437 g/mol. The minimum atomic E-state index is -3.81. The van der Waals surface area contributed by atoms with Gasteiger partial charge < -0.3 is 36.3 Å². The Labute approximate surface area is 139 Å². The summed E-state index contributed by atoms with van der Waals surface area (Å²) >= 11 is 7.21. The largest absolute Gasteiger partial charge is 0.340 e. The van der Waals surface area contributed by atoms with Gasteiger partial charge in [0, 0.05) is 21.1 Å². The standard InChI is InChI=1S/C8H17.Mo.2H3O3PS/c1-4-6-7-8(3)5-2;;2*1-4(2,3)5/h8H,3-7H2,1-2H3;;2*(H3,1,2,3,5)/q-1;;;. The van der Waals surface area contributed by atoms with Crippen molar-refractivity contribution in [2.45, 2.75) is 39.5 Å². The van der Waals surface area contributed by atoms with Gasteiger partial charge in [-0.3, -0.25) is 0 Å². The van der Waals surface area contributed by atoms with Gasteiger partial charge >= 0.3 is 13.4 Å². The molecule has 1 unspecified atom stereocenters. The molecule has 0 aromatic heterocycles. The van der Waals surface area contributed by atoms with Gasteiger partial charge in [-0.1, -0.05) is 39.5 Å². The van der Waals surface area contributed by atoms with Crippen LogP contribution in [0.2, 0.25) is 0 Å². The van der Waals surface area contributed by atoms with Crippen LogP contribution in [-0.4, -0.2) is 29.4 Å². The second kappa shape index (κ2) is 16.1. The van der Waals surface area contributed by atoms with E-state index < -0.39 is 13.4 Å². The Bertz CT molecular complexity index is 233. The van der Waals surface area contributed by atoms with E-state index in [0.717, 1.165) is 0 Å². The van der Waals surface area contributed by atoms with Crippen molar-refractivity contribution in [2.75, 3.05) is 0 Å². The van der Waals surface area contributed by atoms with Crippen LogP contribution in [0.5, 0.6) is 0 Å². The fourth-order valence-electron chi connectivity index (χ4n) is 0.697. The molecule has 0 amide bonds. The van der Waals surface area contributed by atoms with Gasteiger partial charge in [0.25, 0.3) is 0 Å². The minimum absolute atomic E-state index is 0. The third-order valence-electron chi connectivity index (χ3n) is 1.54. The minimum Gasteiger partial charge on any atom is -0.340 e. The van der Waals surface area contributed by atoms with Crippen molar-refractivity contribution in [1.82, 2.24) is 0 Å². The van der Waals surface area contributed by atoms with Crippen molar-refractivity contribution in [3.8, 4) is 0 Å². The molecular weight excluding hydrogens is 414 g/mol. The molecule has 6 nitrogen and oxygen atoms in total. The number of unbranched alkanes of at least 4 members (excludes halogenated alkanes) is 1. The molecular formula is C8H23MoO6P2S2-. The zero-order valence-corrected chi connectivity index (χ0v) is 16.3. The number of hydrogen-bond acceptors (Lipinski definition) is 2. The number of rotatable bonds is 4. The molecule has 0 aliphatic heterocycles. The molecule has 0 aliphatic rings. The Balaban J connectivity index is -0.0000000906. The summed E-state index contributed by atoms with van der Waals surface area (Å²) in [5, 5.41) is 0. The van der Waals surface area contributed by atoms with E-state index in [1.54, 1.807) is 0 Å². The van der Waals surface area contributed by atoms with Crippen molar-refractivity contribution in [1.29, 1.82) is 0 Å². The van der Waals surface area contributed by atoms with Crippen LogP contribution in [0.3, 0.4) is 0 Å². The first-order valence-corrected chi connectivity index (χ1v) is 10.5. The maximum absolute atomic E-state index is 7.56. The van der Waals surface area contributed by atoms with E-state index in [-0.39, 0.29) is 21.1 Å². The van der Waals surface area contributed by atoms with Crippen molar-refractivity contribution in [2.24, 2.45) is 5.92 Å². The van der Waals surface area contributed by atoms with E-state index in [0.29, 0.717) is 5.92 Å². The summed E-state index contributed by atoms with van der Waals surface area (Å²) < 4.78 is 0. The van der Waals surface area contributed by atoms with Crippen molar-refractivity contribution in [3.63, 3.8) is 0 Å². The second-order valence-corrected chi connectivity index (χ2v) is 8.44. The maximum Gasteiger partial charge on any atom is 0.319 e. The first-order chi connectivity index (χ1) is 7.81. The van der Waals surface area contributed by atoms with Crippen LogP contribution in [0.25, 0.3) is 0 Å². The fourth-order valence-corrected chi connectivity index (χ4v) is 0.697. The smallest absolute Gasteiger partial charge is 0.319 e. The monoisotopic (exact) mass is 439 g/mol. The molecule has 6 N–H and O–H groups in total. The van der Waals surface area contributed by atoms with Crippen molar-refractivity contribution in [3.05, 3.63) is 6.92 Å². The molecule has 19 heavy (non-hydrogen) atoms. The first-order valence-electron chi connectivity index (χ1n) is 5.20. The Hall–Kier alpha value is 1.75. The van der Waals surface area contributed by atoms with Gasteiger partial charge in [0.15, 0.2) is 0 Å². The molecule has 0 fully saturated rings. The van der Waals surface area contributed by atoms with Crippen molar-refractivity contribution < 1.29 is 50.4 Å². The SMILES string of the molecule is OP(O)(O)=S.OP(O)(O)=S.[CH2-]C(CC)CCCC.[Mo]. The maximum atomic E-state index is 7.56. The van der Waals surface area contributed by atoms with E-state index in [4.69, 9.17) is 29.4 Å². The molecule has 0 rings (SSSR count). The molecule has 0 spiro atoms. The summed E-state index contributed by atoms with van der Waals surface area (Å²) in [6.45, 7) is 0.809. The van der Waals surface area contributed by atoms with E-state index in [1.807, 2.05) is 0 Å². The van der Waals surface area contributed by atoms with Gasteiger partial charge in [-0.25, -0.2) is 0 Å². The van der Waals surface area contributed by atoms with Gasteiger partial charge in [-0.2, -0.15) is 5.92 Å². The zero-order chi connectivity index (χ0) is 15.4. The summed E-state index contributed by atoms with van der Waals surface area (Å²) in [4.78, 5) is 45.3. The molecule has 0 heterocycles. The van der Waals surface area contributed by atoms with Crippen LogP contribution in [-0.2, 0) is 44.7 Å². The molecule has 0 saturated carbocycles. The van der Waals surface area contributed by atoms with Gasteiger partial charge in [-0.15, -0.1) is 0 Å². The quantitative estimate of drug-likeness (QED) is 0.222. The molecule has 0 aromatic rings. The summed E-state index contributed by atoms with van der Waals surface area (Å²) in [5.41, 5.74) is 0. The van der Waals surface area contributed by atoms with Crippen LogP contribution in [0, 0.1) is 12.8 Å². The predicted molar refractivity (Wildman–Crippen MR) is 80.5 cm³/mol. The topological polar surface area (TPSA) is 121 Å². The van der Waals surface area contributed by atoms with E-state index in [2.05, 4.69) is 44.4 Å². The summed E-state index contributed by atoms with van der Waals surface area (Å²) in [5.74, 6) is 0.704. The van der Waals surface area contributed by atoms with Gasteiger partial charge in [-0.05, 0) is 23.6 Å². The fraction of sp³-hybridized carbons (Fsp3) is 0.875. The third-order valence-corrected chi connectivity index (χ3v) is 1.54. The normalized spacial score (nSPS) is 12.1. The van der Waals surface area contributed by atoms with E-state index >= 15 is 0 Å². The first kappa shape index (κ1) is 28.8. The molecule has 1 atom stereocenters. The summed E-state index contributed by atoms with van der Waals surface area (Å²) in [6, 6.07) is 0. The van der Waals surface area contributed by atoms with Gasteiger partial charge in [0.1, 0.15) is 0 Å². The Morgan fingerprint density at radius 2 is 1.21 bits per heavy atom. The van der Waals surface area contributed by atoms with Crippen LogP contribution in [0.1, 0.15) is 39.5 Å². The zero-order valence-electron chi connectivity index (χ0n) is 10.9. The molecule has 120 valence electrons. The Kier molecular flexibility index (Phi) is 24.5. The van der Waals surface area contributed by atoms with Crippen LogP contribution in [0.15, 0.2) is 0 Å². The molecule has 0 aromatic carbocycles. The second-order valence-electron chi connectivity index (χ2n) is 3.44.